The van der Waals surface area contributed by atoms with Crippen LogP contribution in [-0.4, -0.2) is 0 Å². The van der Waals surface area contributed by atoms with Crippen molar-refractivity contribution in [3.05, 3.63) is 24.3 Å². The third-order valence-electron chi connectivity index (χ3n) is 2.54. The highest BCUT2D eigenvalue weighted by molar-refractivity contribution is 4.97. The van der Waals surface area contributed by atoms with E-state index in [2.05, 4.69) is 46.4 Å². The second-order valence-corrected chi connectivity index (χ2v) is 3.73. The van der Waals surface area contributed by atoms with Crippen molar-refractivity contribution >= 4 is 0 Å². The van der Waals surface area contributed by atoms with Crippen LogP contribution in [0.25, 0.3) is 0 Å². The van der Waals surface area contributed by atoms with Gasteiger partial charge in [0.1, 0.15) is 0 Å². The van der Waals surface area contributed by atoms with Crippen LogP contribution in [0, 0.1) is 11.8 Å². The molecule has 12 heavy (non-hydrogen) atoms. The molecule has 2 unspecified atom stereocenters. The summed E-state index contributed by atoms with van der Waals surface area (Å²) in [6, 6.07) is 0. The predicted octanol–water partition coefficient (Wildman–Crippen LogP) is 4.19. The van der Waals surface area contributed by atoms with Crippen molar-refractivity contribution in [2.45, 2.75) is 40.5 Å². The Labute approximate surface area is 77.4 Å². The zero-order valence-electron chi connectivity index (χ0n) is 8.93. The Balaban J connectivity index is 3.78. The quantitative estimate of drug-likeness (QED) is 0.537. The number of rotatable bonds is 5. The van der Waals surface area contributed by atoms with Gasteiger partial charge in [0.05, 0.1) is 0 Å². The standard InChI is InChI=1S/C12H22/c1-6-7-8-9-11(4)12(5)10(2)3/h7-8,11-12H,2,6,9H2,1,3-5H3. The number of hydrogen-bond acceptors (Lipinski definition) is 0. The smallest absolute Gasteiger partial charge is 0.0208 e. The third kappa shape index (κ3) is 4.38. The Morgan fingerprint density at radius 2 is 1.92 bits per heavy atom. The molecule has 0 aliphatic heterocycles. The molecule has 0 aromatic carbocycles. The molecule has 2 atom stereocenters. The van der Waals surface area contributed by atoms with Crippen LogP contribution in [0.3, 0.4) is 0 Å². The lowest BCUT2D eigenvalue weighted by molar-refractivity contribution is 0.446. The van der Waals surface area contributed by atoms with Crippen LogP contribution in [0.4, 0.5) is 0 Å². The lowest BCUT2D eigenvalue weighted by Gasteiger charge is -2.18. The molecule has 0 aromatic heterocycles. The van der Waals surface area contributed by atoms with Crippen molar-refractivity contribution in [3.63, 3.8) is 0 Å². The molecule has 0 N–H and O–H groups in total. The molecule has 0 rings (SSSR count). The van der Waals surface area contributed by atoms with Gasteiger partial charge in [-0.05, 0) is 31.6 Å². The summed E-state index contributed by atoms with van der Waals surface area (Å²) >= 11 is 0. The van der Waals surface area contributed by atoms with Gasteiger partial charge in [-0.15, -0.1) is 0 Å². The fraction of sp³-hybridized carbons (Fsp3) is 0.667. The van der Waals surface area contributed by atoms with E-state index >= 15 is 0 Å². The Hall–Kier alpha value is -0.520. The number of allylic oxidation sites excluding steroid dienone is 3. The maximum absolute atomic E-state index is 3.98. The Kier molecular flexibility index (Phi) is 5.79. The SMILES string of the molecule is C=C(C)C(C)C(C)CC=CCC. The van der Waals surface area contributed by atoms with Gasteiger partial charge in [0.2, 0.25) is 0 Å². The summed E-state index contributed by atoms with van der Waals surface area (Å²) in [6.07, 6.45) is 6.85. The van der Waals surface area contributed by atoms with Gasteiger partial charge in [-0.2, -0.15) is 0 Å². The van der Waals surface area contributed by atoms with E-state index in [0.29, 0.717) is 5.92 Å². The summed E-state index contributed by atoms with van der Waals surface area (Å²) in [5, 5.41) is 0. The average molecular weight is 166 g/mol. The maximum Gasteiger partial charge on any atom is -0.0208 e. The molecule has 0 fully saturated rings. The van der Waals surface area contributed by atoms with E-state index < -0.39 is 0 Å². The number of hydrogen-bond donors (Lipinski definition) is 0. The molecule has 0 saturated carbocycles. The van der Waals surface area contributed by atoms with Crippen molar-refractivity contribution in [2.24, 2.45) is 11.8 Å². The highest BCUT2D eigenvalue weighted by atomic mass is 14.2. The van der Waals surface area contributed by atoms with Gasteiger partial charge in [0, 0.05) is 0 Å². The maximum atomic E-state index is 3.98. The molecule has 0 bridgehead atoms. The Morgan fingerprint density at radius 3 is 2.33 bits per heavy atom. The van der Waals surface area contributed by atoms with Crippen LogP contribution < -0.4 is 0 Å². The van der Waals surface area contributed by atoms with Gasteiger partial charge in [-0.25, -0.2) is 0 Å². The summed E-state index contributed by atoms with van der Waals surface area (Å²) in [5.41, 5.74) is 1.30. The molecule has 70 valence electrons. The van der Waals surface area contributed by atoms with Crippen LogP contribution in [0.15, 0.2) is 24.3 Å². The molecule has 0 aliphatic rings. The van der Waals surface area contributed by atoms with Gasteiger partial charge in [-0.1, -0.05) is 45.1 Å². The Morgan fingerprint density at radius 1 is 1.33 bits per heavy atom. The Bertz CT molecular complexity index is 153. The molecule has 0 amide bonds. The predicted molar refractivity (Wildman–Crippen MR) is 57.2 cm³/mol. The lowest BCUT2D eigenvalue weighted by Crippen LogP contribution is -2.07. The second-order valence-electron chi connectivity index (χ2n) is 3.73. The third-order valence-corrected chi connectivity index (χ3v) is 2.54. The molecule has 0 radical (unpaired) electrons. The van der Waals surface area contributed by atoms with Crippen LogP contribution >= 0.6 is 0 Å². The van der Waals surface area contributed by atoms with Crippen molar-refractivity contribution in [1.29, 1.82) is 0 Å². The first-order valence-electron chi connectivity index (χ1n) is 4.90. The van der Waals surface area contributed by atoms with E-state index in [1.807, 2.05) is 0 Å². The van der Waals surface area contributed by atoms with Gasteiger partial charge >= 0.3 is 0 Å². The fourth-order valence-electron chi connectivity index (χ4n) is 1.17. The van der Waals surface area contributed by atoms with E-state index in [1.165, 1.54) is 12.0 Å². The van der Waals surface area contributed by atoms with E-state index in [0.717, 1.165) is 12.3 Å². The molecule has 0 nitrogen and oxygen atoms in total. The van der Waals surface area contributed by atoms with Crippen molar-refractivity contribution < 1.29 is 0 Å². The summed E-state index contributed by atoms with van der Waals surface area (Å²) in [7, 11) is 0. The highest BCUT2D eigenvalue weighted by Gasteiger charge is 2.10. The molecule has 0 spiro atoms. The van der Waals surface area contributed by atoms with Gasteiger partial charge in [0.25, 0.3) is 0 Å². The normalized spacial score (nSPS) is 16.3. The molecule has 0 heterocycles. The fourth-order valence-corrected chi connectivity index (χ4v) is 1.17. The zero-order chi connectivity index (χ0) is 9.56. The van der Waals surface area contributed by atoms with E-state index in [4.69, 9.17) is 0 Å². The van der Waals surface area contributed by atoms with E-state index in [-0.39, 0.29) is 0 Å². The van der Waals surface area contributed by atoms with E-state index in [9.17, 15) is 0 Å². The molecule has 0 aromatic rings. The first-order valence-corrected chi connectivity index (χ1v) is 4.90. The van der Waals surface area contributed by atoms with Gasteiger partial charge in [-0.3, -0.25) is 0 Å². The van der Waals surface area contributed by atoms with Gasteiger partial charge < -0.3 is 0 Å². The van der Waals surface area contributed by atoms with Crippen molar-refractivity contribution in [3.8, 4) is 0 Å². The minimum atomic E-state index is 0.645. The molecule has 0 heteroatoms. The molecular weight excluding hydrogens is 144 g/mol. The lowest BCUT2D eigenvalue weighted by atomic mass is 9.88. The largest absolute Gasteiger partial charge is 0.0999 e. The van der Waals surface area contributed by atoms with Crippen LogP contribution in [0.1, 0.15) is 40.5 Å². The summed E-state index contributed by atoms with van der Waals surface area (Å²) < 4.78 is 0. The second kappa shape index (κ2) is 6.05. The first kappa shape index (κ1) is 11.5. The van der Waals surface area contributed by atoms with Gasteiger partial charge in [0.15, 0.2) is 0 Å². The van der Waals surface area contributed by atoms with Crippen LogP contribution in [0.5, 0.6) is 0 Å². The average Bonchev–Trinajstić information content (AvgIpc) is 2.03. The minimum Gasteiger partial charge on any atom is -0.0999 e. The first-order chi connectivity index (χ1) is 5.59. The van der Waals surface area contributed by atoms with E-state index in [1.54, 1.807) is 0 Å². The van der Waals surface area contributed by atoms with Crippen molar-refractivity contribution in [1.82, 2.24) is 0 Å². The summed E-state index contributed by atoms with van der Waals surface area (Å²) in [6.45, 7) is 12.8. The molecular formula is C12H22. The molecule has 0 saturated heterocycles. The van der Waals surface area contributed by atoms with Crippen molar-refractivity contribution in [2.75, 3.05) is 0 Å². The van der Waals surface area contributed by atoms with Crippen LogP contribution in [0.2, 0.25) is 0 Å². The highest BCUT2D eigenvalue weighted by Crippen LogP contribution is 2.21. The van der Waals surface area contributed by atoms with Crippen LogP contribution in [-0.2, 0) is 0 Å². The monoisotopic (exact) mass is 166 g/mol. The summed E-state index contributed by atoms with van der Waals surface area (Å²) in [4.78, 5) is 0. The zero-order valence-corrected chi connectivity index (χ0v) is 8.93. The minimum absolute atomic E-state index is 0.645. The molecule has 0 aliphatic carbocycles. The summed E-state index contributed by atoms with van der Waals surface area (Å²) in [5.74, 6) is 1.37. The topological polar surface area (TPSA) is 0 Å².